The van der Waals surface area contributed by atoms with E-state index in [9.17, 15) is 4.79 Å². The van der Waals surface area contributed by atoms with Gasteiger partial charge in [0, 0.05) is 51.4 Å². The van der Waals surface area contributed by atoms with Crippen LogP contribution in [-0.4, -0.2) is 23.9 Å². The molecule has 89 valence electrons. The largest absolute Gasteiger partial charge is 0.339 e. The third kappa shape index (κ3) is 3.89. The Morgan fingerprint density at radius 1 is 1.12 bits per heavy atom. The zero-order chi connectivity index (χ0) is 11.4. The number of carbonyl (C=O) groups is 1. The van der Waals surface area contributed by atoms with Crippen LogP contribution in [0, 0.1) is 0 Å². The van der Waals surface area contributed by atoms with Gasteiger partial charge in [-0.05, 0) is 43.4 Å². The van der Waals surface area contributed by atoms with Crippen LogP contribution in [0.25, 0.3) is 0 Å². The molecule has 0 aliphatic carbocycles. The number of hydrogen-bond donors (Lipinski definition) is 0. The third-order valence-electron chi connectivity index (χ3n) is 3.25. The quantitative estimate of drug-likeness (QED) is 0.823. The monoisotopic (exact) mass is 306 g/mol. The molecule has 0 spiro atoms. The average molecular weight is 306 g/mol. The van der Waals surface area contributed by atoms with E-state index in [-0.39, 0.29) is 38.6 Å². The molecule has 0 atom stereocenters. The number of piperidine rings is 1. The van der Waals surface area contributed by atoms with Crippen molar-refractivity contribution in [1.82, 2.24) is 4.90 Å². The normalized spacial score (nSPS) is 15.2. The summed E-state index contributed by atoms with van der Waals surface area (Å²) in [4.78, 5) is 14.1. The van der Waals surface area contributed by atoms with Crippen LogP contribution < -0.4 is 0 Å². The maximum absolute atomic E-state index is 12.1. The van der Waals surface area contributed by atoms with Crippen molar-refractivity contribution in [2.24, 2.45) is 0 Å². The minimum atomic E-state index is 0. The Hall–Kier alpha value is -0.206. The molecule has 1 amide bonds. The van der Waals surface area contributed by atoms with Crippen molar-refractivity contribution < 1.29 is 37.5 Å². The predicted molar refractivity (Wildman–Crippen MR) is 65.6 cm³/mol. The molecule has 0 bridgehead atoms. The number of aryl methyl sites for hydroxylation is 1. The van der Waals surface area contributed by atoms with E-state index in [2.05, 4.69) is 19.1 Å². The molecule has 0 aromatic heterocycles. The first-order valence-corrected chi connectivity index (χ1v) is 6.19. The van der Waals surface area contributed by atoms with Crippen LogP contribution in [0.3, 0.4) is 0 Å². The van der Waals surface area contributed by atoms with Gasteiger partial charge in [-0.15, -0.1) is 0 Å². The molecule has 17 heavy (non-hydrogen) atoms. The van der Waals surface area contributed by atoms with Gasteiger partial charge in [0.25, 0.3) is 5.91 Å². The zero-order valence-corrected chi connectivity index (χ0v) is 13.3. The van der Waals surface area contributed by atoms with Crippen molar-refractivity contribution in [1.29, 1.82) is 0 Å². The minimum absolute atomic E-state index is 0. The molecule has 0 saturated carbocycles. The van der Waals surface area contributed by atoms with Gasteiger partial charge in [-0.2, -0.15) is 0 Å². The van der Waals surface area contributed by atoms with Crippen LogP contribution in [0.1, 0.15) is 42.1 Å². The summed E-state index contributed by atoms with van der Waals surface area (Å²) < 4.78 is 0. The Balaban J connectivity index is 0.00000144. The topological polar surface area (TPSA) is 20.3 Å². The van der Waals surface area contributed by atoms with E-state index in [1.807, 2.05) is 17.0 Å². The van der Waals surface area contributed by atoms with E-state index in [1.54, 1.807) is 0 Å². The van der Waals surface area contributed by atoms with Gasteiger partial charge in [0.05, 0.1) is 0 Å². The van der Waals surface area contributed by atoms with Crippen LogP contribution >= 0.6 is 0 Å². The molecule has 1 heterocycles. The number of amides is 1. The predicted octanol–water partition coefficient (Wildman–Crippen LogP) is 2.87. The van der Waals surface area contributed by atoms with Gasteiger partial charge in [-0.25, -0.2) is 0 Å². The first kappa shape index (κ1) is 14.9. The SMILES string of the molecule is CCc1ccc(C(=O)N2CCCCC2)cc1.[Y]. The Kier molecular flexibility index (Phi) is 6.36. The molecule has 1 aliphatic rings. The molecule has 1 aromatic rings. The number of benzene rings is 1. The zero-order valence-electron chi connectivity index (χ0n) is 10.5. The third-order valence-corrected chi connectivity index (χ3v) is 3.25. The van der Waals surface area contributed by atoms with E-state index in [0.29, 0.717) is 0 Å². The van der Waals surface area contributed by atoms with Gasteiger partial charge in [-0.1, -0.05) is 19.1 Å². The molecule has 2 rings (SSSR count). The van der Waals surface area contributed by atoms with Crippen LogP contribution in [-0.2, 0) is 39.1 Å². The fraction of sp³-hybridized carbons (Fsp3) is 0.500. The summed E-state index contributed by atoms with van der Waals surface area (Å²) in [5.41, 5.74) is 2.12. The van der Waals surface area contributed by atoms with Gasteiger partial charge in [0.15, 0.2) is 0 Å². The van der Waals surface area contributed by atoms with Crippen molar-refractivity contribution in [2.45, 2.75) is 32.6 Å². The van der Waals surface area contributed by atoms with Crippen molar-refractivity contribution in [3.63, 3.8) is 0 Å². The first-order valence-electron chi connectivity index (χ1n) is 6.19. The summed E-state index contributed by atoms with van der Waals surface area (Å²) in [5.74, 6) is 0.197. The summed E-state index contributed by atoms with van der Waals surface area (Å²) in [6, 6.07) is 8.01. The molecule has 1 radical (unpaired) electrons. The summed E-state index contributed by atoms with van der Waals surface area (Å²) in [5, 5.41) is 0. The summed E-state index contributed by atoms with van der Waals surface area (Å²) in [6.45, 7) is 3.98. The van der Waals surface area contributed by atoms with Crippen molar-refractivity contribution in [2.75, 3.05) is 13.1 Å². The molecule has 3 heteroatoms. The first-order chi connectivity index (χ1) is 7.81. The molecule has 0 unspecified atom stereocenters. The van der Waals surface area contributed by atoms with Crippen molar-refractivity contribution in [3.8, 4) is 0 Å². The van der Waals surface area contributed by atoms with E-state index in [1.165, 1.54) is 12.0 Å². The second-order valence-corrected chi connectivity index (χ2v) is 4.40. The minimum Gasteiger partial charge on any atom is -0.339 e. The Bertz CT molecular complexity index is 355. The molecule has 0 N–H and O–H groups in total. The van der Waals surface area contributed by atoms with Crippen LogP contribution in [0.5, 0.6) is 0 Å². The Labute approximate surface area is 129 Å². The van der Waals surface area contributed by atoms with E-state index in [0.717, 1.165) is 37.9 Å². The van der Waals surface area contributed by atoms with Crippen molar-refractivity contribution in [3.05, 3.63) is 35.4 Å². The molecule has 1 saturated heterocycles. The summed E-state index contributed by atoms with van der Waals surface area (Å²) in [6.07, 6.45) is 4.59. The van der Waals surface area contributed by atoms with Gasteiger partial charge in [0.2, 0.25) is 0 Å². The van der Waals surface area contributed by atoms with Gasteiger partial charge >= 0.3 is 0 Å². The Morgan fingerprint density at radius 2 is 1.71 bits per heavy atom. The molecule has 1 aromatic carbocycles. The van der Waals surface area contributed by atoms with E-state index in [4.69, 9.17) is 0 Å². The van der Waals surface area contributed by atoms with E-state index >= 15 is 0 Å². The number of rotatable bonds is 2. The van der Waals surface area contributed by atoms with Crippen LogP contribution in [0.2, 0.25) is 0 Å². The second kappa shape index (κ2) is 7.28. The number of nitrogens with zero attached hydrogens (tertiary/aromatic N) is 1. The van der Waals surface area contributed by atoms with Crippen molar-refractivity contribution >= 4 is 5.91 Å². The number of carbonyl (C=O) groups excluding carboxylic acids is 1. The summed E-state index contributed by atoms with van der Waals surface area (Å²) >= 11 is 0. The fourth-order valence-electron chi connectivity index (χ4n) is 2.16. The number of hydrogen-bond acceptors (Lipinski definition) is 1. The van der Waals surface area contributed by atoms with E-state index < -0.39 is 0 Å². The van der Waals surface area contributed by atoms with Gasteiger partial charge < -0.3 is 4.90 Å². The summed E-state index contributed by atoms with van der Waals surface area (Å²) in [7, 11) is 0. The fourth-order valence-corrected chi connectivity index (χ4v) is 2.16. The van der Waals surface area contributed by atoms with Crippen LogP contribution in [0.4, 0.5) is 0 Å². The average Bonchev–Trinajstić information content (AvgIpc) is 2.39. The second-order valence-electron chi connectivity index (χ2n) is 4.40. The molecular weight excluding hydrogens is 287 g/mol. The van der Waals surface area contributed by atoms with Gasteiger partial charge in [-0.3, -0.25) is 4.79 Å². The molecular formula is C14H19NOY. The van der Waals surface area contributed by atoms with Crippen LogP contribution in [0.15, 0.2) is 24.3 Å². The molecule has 2 nitrogen and oxygen atoms in total. The molecule has 1 aliphatic heterocycles. The number of likely N-dealkylation sites (tertiary alicyclic amines) is 1. The van der Waals surface area contributed by atoms with Gasteiger partial charge in [0.1, 0.15) is 0 Å². The maximum Gasteiger partial charge on any atom is 0.253 e. The standard InChI is InChI=1S/C14H19NO.Y/c1-2-12-6-8-13(9-7-12)14(16)15-10-4-3-5-11-15;/h6-9H,2-5,10-11H2,1H3;. The maximum atomic E-state index is 12.1. The smallest absolute Gasteiger partial charge is 0.253 e. The molecule has 1 fully saturated rings. The Morgan fingerprint density at radius 3 is 2.24 bits per heavy atom.